The van der Waals surface area contributed by atoms with E-state index in [1.54, 1.807) is 6.92 Å². The normalized spacial score (nSPS) is 20.2. The third-order valence-corrected chi connectivity index (χ3v) is 5.48. The molecule has 3 heterocycles. The molecule has 2 aromatic rings. The third kappa shape index (κ3) is 3.33. The zero-order valence-corrected chi connectivity index (χ0v) is 14.9. The lowest BCUT2D eigenvalue weighted by atomic mass is 9.97. The van der Waals surface area contributed by atoms with E-state index in [0.717, 1.165) is 45.6 Å². The monoisotopic (exact) mass is 338 g/mol. The predicted octanol–water partition coefficient (Wildman–Crippen LogP) is 2.20. The molecular weight excluding hydrogens is 312 g/mol. The number of likely N-dealkylation sites (tertiary alicyclic amines) is 1. The molecule has 5 nitrogen and oxygen atoms in total. The van der Waals surface area contributed by atoms with E-state index in [1.807, 2.05) is 12.4 Å². The topological polar surface area (TPSA) is 48.5 Å². The van der Waals surface area contributed by atoms with E-state index in [0.29, 0.717) is 6.04 Å². The minimum absolute atomic E-state index is 0.0638. The van der Waals surface area contributed by atoms with Crippen molar-refractivity contribution in [3.8, 4) is 0 Å². The van der Waals surface area contributed by atoms with Crippen LogP contribution in [0.4, 0.5) is 5.69 Å². The molecule has 0 saturated carbocycles. The molecule has 0 radical (unpaired) electrons. The summed E-state index contributed by atoms with van der Waals surface area (Å²) >= 11 is 0. The van der Waals surface area contributed by atoms with E-state index in [9.17, 15) is 4.79 Å². The quantitative estimate of drug-likeness (QED) is 0.849. The molecule has 1 aromatic heterocycles. The van der Waals surface area contributed by atoms with Crippen LogP contribution in [-0.4, -0.2) is 54.6 Å². The predicted molar refractivity (Wildman–Crippen MR) is 101 cm³/mol. The van der Waals surface area contributed by atoms with Crippen LogP contribution in [0.3, 0.4) is 0 Å². The Kier molecular flexibility index (Phi) is 4.57. The fraction of sp³-hybridized carbons (Fsp3) is 0.500. The molecule has 1 unspecified atom stereocenters. The van der Waals surface area contributed by atoms with Crippen molar-refractivity contribution in [1.82, 2.24) is 15.2 Å². The van der Waals surface area contributed by atoms with Crippen LogP contribution in [-0.2, 0) is 11.2 Å². The first-order valence-corrected chi connectivity index (χ1v) is 9.31. The number of carbonyl (C=O) groups is 1. The molecule has 4 rings (SSSR count). The first-order valence-electron chi connectivity index (χ1n) is 9.31. The average molecular weight is 338 g/mol. The van der Waals surface area contributed by atoms with Gasteiger partial charge in [0.1, 0.15) is 0 Å². The molecule has 0 aliphatic carbocycles. The fourth-order valence-electron chi connectivity index (χ4n) is 4.29. The number of anilines is 1. The third-order valence-electron chi connectivity index (χ3n) is 5.48. The van der Waals surface area contributed by atoms with E-state index < -0.39 is 0 Å². The molecule has 1 atom stereocenters. The van der Waals surface area contributed by atoms with Gasteiger partial charge in [-0.15, -0.1) is 0 Å². The van der Waals surface area contributed by atoms with Gasteiger partial charge in [0.05, 0.1) is 0 Å². The molecule has 1 saturated heterocycles. The lowest BCUT2D eigenvalue weighted by Crippen LogP contribution is -2.41. The van der Waals surface area contributed by atoms with Crippen molar-refractivity contribution < 1.29 is 4.79 Å². The van der Waals surface area contributed by atoms with Gasteiger partial charge in [0.25, 0.3) is 0 Å². The number of benzene rings is 1. The standard InChI is InChI=1S/C20H26N4O/c1-15(25)22-8-3-9-23-10-7-18(14-23)24-11-6-17-13-21-12-16-4-2-5-19(24)20(16)17/h2,4-5,12-13,18H,3,6-11,14H2,1H3,(H,22,25). The molecular formula is C20H26N4O. The van der Waals surface area contributed by atoms with Gasteiger partial charge in [-0.2, -0.15) is 0 Å². The summed E-state index contributed by atoms with van der Waals surface area (Å²) in [5, 5.41) is 5.54. The van der Waals surface area contributed by atoms with Crippen LogP contribution in [0.2, 0.25) is 0 Å². The van der Waals surface area contributed by atoms with Crippen LogP contribution in [0, 0.1) is 0 Å². The Morgan fingerprint density at radius 1 is 1.32 bits per heavy atom. The highest BCUT2D eigenvalue weighted by Crippen LogP contribution is 2.36. The lowest BCUT2D eigenvalue weighted by molar-refractivity contribution is -0.118. The summed E-state index contributed by atoms with van der Waals surface area (Å²) in [6.45, 7) is 6.78. The van der Waals surface area contributed by atoms with Gasteiger partial charge < -0.3 is 15.1 Å². The van der Waals surface area contributed by atoms with Crippen molar-refractivity contribution in [2.75, 3.05) is 37.6 Å². The van der Waals surface area contributed by atoms with Gasteiger partial charge in [-0.25, -0.2) is 0 Å². The van der Waals surface area contributed by atoms with Crippen molar-refractivity contribution in [2.45, 2.75) is 32.2 Å². The molecule has 1 fully saturated rings. The maximum Gasteiger partial charge on any atom is 0.216 e. The molecule has 132 valence electrons. The van der Waals surface area contributed by atoms with Gasteiger partial charge in [-0.05, 0) is 37.4 Å². The number of nitrogens with one attached hydrogen (secondary N) is 1. The number of aromatic nitrogens is 1. The zero-order valence-electron chi connectivity index (χ0n) is 14.9. The number of amides is 1. The minimum atomic E-state index is 0.0638. The van der Waals surface area contributed by atoms with Crippen molar-refractivity contribution >= 4 is 22.4 Å². The van der Waals surface area contributed by atoms with Crippen LogP contribution in [0.5, 0.6) is 0 Å². The number of hydrogen-bond donors (Lipinski definition) is 1. The summed E-state index contributed by atoms with van der Waals surface area (Å²) in [5.41, 5.74) is 2.76. The van der Waals surface area contributed by atoms with Crippen molar-refractivity contribution in [2.24, 2.45) is 0 Å². The zero-order chi connectivity index (χ0) is 17.2. The maximum absolute atomic E-state index is 11.0. The smallest absolute Gasteiger partial charge is 0.216 e. The number of nitrogens with zero attached hydrogens (tertiary/aromatic N) is 3. The Balaban J connectivity index is 1.44. The second kappa shape index (κ2) is 7.00. The van der Waals surface area contributed by atoms with E-state index in [4.69, 9.17) is 0 Å². The minimum Gasteiger partial charge on any atom is -0.366 e. The Morgan fingerprint density at radius 2 is 2.24 bits per heavy atom. The molecule has 0 bridgehead atoms. The summed E-state index contributed by atoms with van der Waals surface area (Å²) in [6, 6.07) is 7.18. The van der Waals surface area contributed by atoms with Crippen LogP contribution in [0.15, 0.2) is 30.6 Å². The average Bonchev–Trinajstić information content (AvgIpc) is 3.08. The van der Waals surface area contributed by atoms with E-state index in [-0.39, 0.29) is 5.91 Å². The summed E-state index contributed by atoms with van der Waals surface area (Å²) in [6.07, 6.45) is 7.34. The number of carbonyl (C=O) groups excluding carboxylic acids is 1. The van der Waals surface area contributed by atoms with E-state index in [2.05, 4.69) is 38.3 Å². The van der Waals surface area contributed by atoms with E-state index >= 15 is 0 Å². The number of rotatable bonds is 5. The van der Waals surface area contributed by atoms with Crippen molar-refractivity contribution in [3.63, 3.8) is 0 Å². The first kappa shape index (κ1) is 16.3. The SMILES string of the molecule is CC(=O)NCCCN1CCC(N2CCc3cncc4cccc2c34)C1. The Hall–Kier alpha value is -2.14. The highest BCUT2D eigenvalue weighted by Gasteiger charge is 2.30. The molecule has 25 heavy (non-hydrogen) atoms. The molecule has 2 aliphatic rings. The maximum atomic E-state index is 11.0. The van der Waals surface area contributed by atoms with Gasteiger partial charge in [-0.3, -0.25) is 9.78 Å². The van der Waals surface area contributed by atoms with Crippen LogP contribution in [0.1, 0.15) is 25.3 Å². The summed E-state index contributed by atoms with van der Waals surface area (Å²) < 4.78 is 0. The van der Waals surface area contributed by atoms with Crippen LogP contribution in [0.25, 0.3) is 10.8 Å². The van der Waals surface area contributed by atoms with Gasteiger partial charge in [0.15, 0.2) is 0 Å². The summed E-state index contributed by atoms with van der Waals surface area (Å²) in [7, 11) is 0. The number of hydrogen-bond acceptors (Lipinski definition) is 4. The second-order valence-corrected chi connectivity index (χ2v) is 7.20. The Bertz CT molecular complexity index is 770. The van der Waals surface area contributed by atoms with Crippen molar-refractivity contribution in [3.05, 3.63) is 36.2 Å². The van der Waals surface area contributed by atoms with Gasteiger partial charge in [0, 0.05) is 68.0 Å². The highest BCUT2D eigenvalue weighted by atomic mass is 16.1. The van der Waals surface area contributed by atoms with Gasteiger partial charge >= 0.3 is 0 Å². The molecule has 1 amide bonds. The highest BCUT2D eigenvalue weighted by molar-refractivity contribution is 5.97. The van der Waals surface area contributed by atoms with Crippen molar-refractivity contribution in [1.29, 1.82) is 0 Å². The van der Waals surface area contributed by atoms with Crippen LogP contribution >= 0.6 is 0 Å². The summed E-state index contributed by atoms with van der Waals surface area (Å²) in [5.74, 6) is 0.0638. The molecule has 1 aromatic carbocycles. The molecule has 0 spiro atoms. The molecule has 1 N–H and O–H groups in total. The Morgan fingerprint density at radius 3 is 3.12 bits per heavy atom. The fourth-order valence-corrected chi connectivity index (χ4v) is 4.29. The largest absolute Gasteiger partial charge is 0.366 e. The Labute approximate surface area is 149 Å². The summed E-state index contributed by atoms with van der Waals surface area (Å²) in [4.78, 5) is 20.5. The van der Waals surface area contributed by atoms with Crippen LogP contribution < -0.4 is 10.2 Å². The van der Waals surface area contributed by atoms with Gasteiger partial charge in [-0.1, -0.05) is 12.1 Å². The lowest BCUT2D eigenvalue weighted by Gasteiger charge is -2.36. The van der Waals surface area contributed by atoms with Gasteiger partial charge in [0.2, 0.25) is 5.91 Å². The second-order valence-electron chi connectivity index (χ2n) is 7.20. The van der Waals surface area contributed by atoms with E-state index in [1.165, 1.54) is 28.4 Å². The molecule has 5 heteroatoms. The first-order chi connectivity index (χ1) is 12.2. The molecule has 2 aliphatic heterocycles. The number of pyridine rings is 1.